The first-order chi connectivity index (χ1) is 11.6. The van der Waals surface area contributed by atoms with Crippen LogP contribution in [0.3, 0.4) is 0 Å². The average Bonchev–Trinajstić information content (AvgIpc) is 3.11. The van der Waals surface area contributed by atoms with E-state index >= 15 is 0 Å². The monoisotopic (exact) mass is 341 g/mol. The summed E-state index contributed by atoms with van der Waals surface area (Å²) in [7, 11) is 0. The van der Waals surface area contributed by atoms with Crippen LogP contribution < -0.4 is 10.1 Å². The smallest absolute Gasteiger partial charge is 0.266 e. The molecule has 118 valence electrons. The molecule has 0 N–H and O–H groups in total. The van der Waals surface area contributed by atoms with Gasteiger partial charge in [-0.2, -0.15) is 9.50 Å². The molecule has 7 heteroatoms. The summed E-state index contributed by atoms with van der Waals surface area (Å²) in [6.45, 7) is 0. The summed E-state index contributed by atoms with van der Waals surface area (Å²) in [6, 6.07) is 11.6. The Balaban J connectivity index is 1.79. The standard InChI is InChI=1S/C17H9F2N3OS/c18-12-5-1-10(2-6-12)9-14-16(23)22-17(24-14)20-15(21-22)11-3-7-13(19)8-4-11/h1-9H/b14-9-. The predicted octanol–water partition coefficient (Wildman–Crippen LogP) is 2.64. The van der Waals surface area contributed by atoms with Gasteiger partial charge in [0.05, 0.1) is 4.53 Å². The number of hydrogen-bond acceptors (Lipinski definition) is 4. The van der Waals surface area contributed by atoms with Gasteiger partial charge in [0.15, 0.2) is 5.82 Å². The van der Waals surface area contributed by atoms with E-state index in [9.17, 15) is 13.6 Å². The number of hydrogen-bond donors (Lipinski definition) is 0. The molecule has 0 atom stereocenters. The second-order valence-corrected chi connectivity index (χ2v) is 6.11. The minimum Gasteiger partial charge on any atom is -0.266 e. The third-order valence-electron chi connectivity index (χ3n) is 3.45. The zero-order valence-corrected chi connectivity index (χ0v) is 12.9. The Morgan fingerprint density at radius 1 is 0.958 bits per heavy atom. The molecule has 4 aromatic rings. The maximum atomic E-state index is 13.0. The summed E-state index contributed by atoms with van der Waals surface area (Å²) < 4.78 is 27.6. The summed E-state index contributed by atoms with van der Waals surface area (Å²) in [5.41, 5.74) is 1.06. The van der Waals surface area contributed by atoms with Gasteiger partial charge in [-0.15, -0.1) is 5.10 Å². The molecule has 0 aliphatic heterocycles. The highest BCUT2D eigenvalue weighted by Gasteiger charge is 2.11. The van der Waals surface area contributed by atoms with Crippen LogP contribution in [0, 0.1) is 11.6 Å². The van der Waals surface area contributed by atoms with Gasteiger partial charge in [-0.3, -0.25) is 4.79 Å². The molecule has 2 aromatic carbocycles. The summed E-state index contributed by atoms with van der Waals surface area (Å²) >= 11 is 1.20. The van der Waals surface area contributed by atoms with E-state index in [0.717, 1.165) is 5.56 Å². The van der Waals surface area contributed by atoms with E-state index in [1.54, 1.807) is 30.3 Å². The van der Waals surface area contributed by atoms with Crippen molar-refractivity contribution in [1.29, 1.82) is 0 Å². The van der Waals surface area contributed by atoms with Crippen molar-refractivity contribution in [2.75, 3.05) is 0 Å². The fourth-order valence-electron chi connectivity index (χ4n) is 2.27. The van der Waals surface area contributed by atoms with Crippen LogP contribution in [0.2, 0.25) is 0 Å². The van der Waals surface area contributed by atoms with Crippen LogP contribution in [0.25, 0.3) is 22.4 Å². The third kappa shape index (κ3) is 2.59. The molecule has 0 aliphatic rings. The molecule has 0 saturated carbocycles. The Hall–Kier alpha value is -2.93. The van der Waals surface area contributed by atoms with E-state index in [4.69, 9.17) is 0 Å². The number of nitrogens with zero attached hydrogens (tertiary/aromatic N) is 3. The molecular formula is C17H9F2N3OS. The molecule has 0 spiro atoms. The molecule has 24 heavy (non-hydrogen) atoms. The van der Waals surface area contributed by atoms with Gasteiger partial charge in [-0.05, 0) is 48.0 Å². The number of benzene rings is 2. The van der Waals surface area contributed by atoms with Crippen molar-refractivity contribution in [1.82, 2.24) is 14.6 Å². The van der Waals surface area contributed by atoms with Crippen LogP contribution in [0.4, 0.5) is 8.78 Å². The van der Waals surface area contributed by atoms with Crippen LogP contribution in [0.1, 0.15) is 5.56 Å². The van der Waals surface area contributed by atoms with Crippen molar-refractivity contribution in [2.24, 2.45) is 0 Å². The van der Waals surface area contributed by atoms with Gasteiger partial charge in [0.25, 0.3) is 5.56 Å². The van der Waals surface area contributed by atoms with Crippen LogP contribution in [0.5, 0.6) is 0 Å². The molecule has 2 aromatic heterocycles. The molecule has 0 amide bonds. The van der Waals surface area contributed by atoms with Gasteiger partial charge < -0.3 is 0 Å². The van der Waals surface area contributed by atoms with E-state index < -0.39 is 0 Å². The summed E-state index contributed by atoms with van der Waals surface area (Å²) in [4.78, 5) is 17.2. The Kier molecular flexibility index (Phi) is 3.42. The summed E-state index contributed by atoms with van der Waals surface area (Å²) in [6.07, 6.45) is 1.67. The number of thiazole rings is 1. The second-order valence-electron chi connectivity index (χ2n) is 5.10. The Morgan fingerprint density at radius 2 is 1.58 bits per heavy atom. The quantitative estimate of drug-likeness (QED) is 0.563. The summed E-state index contributed by atoms with van der Waals surface area (Å²) in [5, 5.41) is 4.19. The largest absolute Gasteiger partial charge is 0.291 e. The van der Waals surface area contributed by atoms with Crippen LogP contribution >= 0.6 is 11.3 Å². The first-order valence-corrected chi connectivity index (χ1v) is 7.84. The molecule has 0 unspecified atom stereocenters. The molecule has 0 aliphatic carbocycles. The highest BCUT2D eigenvalue weighted by Crippen LogP contribution is 2.16. The highest BCUT2D eigenvalue weighted by atomic mass is 32.1. The lowest BCUT2D eigenvalue weighted by Gasteiger charge is -1.93. The van der Waals surface area contributed by atoms with Crippen LogP contribution in [-0.2, 0) is 0 Å². The SMILES string of the molecule is O=c1/c(=C/c2ccc(F)cc2)sc2nc(-c3ccc(F)cc3)nn12. The molecule has 4 nitrogen and oxygen atoms in total. The molecule has 0 saturated heterocycles. The highest BCUT2D eigenvalue weighted by molar-refractivity contribution is 7.15. The number of fused-ring (bicyclic) bond motifs is 1. The zero-order chi connectivity index (χ0) is 16.7. The fraction of sp³-hybridized carbons (Fsp3) is 0. The minimum absolute atomic E-state index is 0.291. The van der Waals surface area contributed by atoms with E-state index in [0.29, 0.717) is 20.9 Å². The van der Waals surface area contributed by atoms with Crippen LogP contribution in [-0.4, -0.2) is 14.6 Å². The lowest BCUT2D eigenvalue weighted by molar-refractivity contribution is 0.627. The van der Waals surface area contributed by atoms with E-state index in [2.05, 4.69) is 10.1 Å². The maximum absolute atomic E-state index is 13.0. The molecule has 0 bridgehead atoms. The first-order valence-electron chi connectivity index (χ1n) is 7.03. The van der Waals surface area contributed by atoms with Crippen molar-refractivity contribution in [3.63, 3.8) is 0 Å². The molecular weight excluding hydrogens is 332 g/mol. The van der Waals surface area contributed by atoms with E-state index in [1.807, 2.05) is 0 Å². The van der Waals surface area contributed by atoms with Crippen LogP contribution in [0.15, 0.2) is 53.3 Å². The topological polar surface area (TPSA) is 47.3 Å². The lowest BCUT2D eigenvalue weighted by atomic mass is 10.2. The Morgan fingerprint density at radius 3 is 2.21 bits per heavy atom. The Bertz CT molecular complexity index is 1130. The van der Waals surface area contributed by atoms with E-state index in [-0.39, 0.29) is 17.2 Å². The minimum atomic E-state index is -0.347. The van der Waals surface area contributed by atoms with Crippen molar-refractivity contribution >= 4 is 22.4 Å². The van der Waals surface area contributed by atoms with Gasteiger partial charge in [-0.25, -0.2) is 8.78 Å². The number of rotatable bonds is 2. The predicted molar refractivity (Wildman–Crippen MR) is 87.7 cm³/mol. The van der Waals surface area contributed by atoms with Gasteiger partial charge in [-0.1, -0.05) is 23.5 Å². The maximum Gasteiger partial charge on any atom is 0.291 e. The van der Waals surface area contributed by atoms with Crippen molar-refractivity contribution in [2.45, 2.75) is 0 Å². The lowest BCUT2D eigenvalue weighted by Crippen LogP contribution is -2.23. The summed E-state index contributed by atoms with van der Waals surface area (Å²) in [5.74, 6) is -0.312. The number of halogens is 2. The molecule has 0 fully saturated rings. The van der Waals surface area contributed by atoms with Gasteiger partial charge in [0.2, 0.25) is 4.96 Å². The normalized spacial score (nSPS) is 12.2. The zero-order valence-electron chi connectivity index (χ0n) is 12.1. The van der Waals surface area contributed by atoms with Gasteiger partial charge in [0, 0.05) is 5.56 Å². The molecule has 2 heterocycles. The molecule has 0 radical (unpaired) electrons. The molecule has 4 rings (SSSR count). The van der Waals surface area contributed by atoms with Crippen molar-refractivity contribution in [3.8, 4) is 11.4 Å². The number of aromatic nitrogens is 3. The third-order valence-corrected chi connectivity index (χ3v) is 4.41. The van der Waals surface area contributed by atoms with Crippen molar-refractivity contribution < 1.29 is 8.78 Å². The van der Waals surface area contributed by atoms with Gasteiger partial charge in [0.1, 0.15) is 11.6 Å². The van der Waals surface area contributed by atoms with E-state index in [1.165, 1.54) is 40.1 Å². The average molecular weight is 341 g/mol. The van der Waals surface area contributed by atoms with Crippen molar-refractivity contribution in [3.05, 3.63) is 80.6 Å². The van der Waals surface area contributed by atoms with Gasteiger partial charge >= 0.3 is 0 Å². The Labute approximate surface area is 138 Å². The fourth-order valence-corrected chi connectivity index (χ4v) is 3.17. The second kappa shape index (κ2) is 5.61. The first kappa shape index (κ1) is 14.6.